The van der Waals surface area contributed by atoms with E-state index in [-0.39, 0.29) is 23.8 Å². The summed E-state index contributed by atoms with van der Waals surface area (Å²) in [5.74, 6) is 1.19. The normalized spacial score (nSPS) is 15.5. The Kier molecular flexibility index (Phi) is 8.15. The molecule has 1 aromatic heterocycles. The Bertz CT molecular complexity index is 1230. The molecular formula is C27H31N3O4S. The number of hydrogen-bond donors (Lipinski definition) is 1. The Morgan fingerprint density at radius 2 is 1.83 bits per heavy atom. The minimum absolute atomic E-state index is 0.0574. The minimum Gasteiger partial charge on any atom is -0.492 e. The molecule has 4 rings (SSSR count). The fourth-order valence-corrected chi connectivity index (χ4v) is 5.31. The zero-order valence-electron chi connectivity index (χ0n) is 19.9. The molecule has 0 atom stereocenters. The Labute approximate surface area is 207 Å². The van der Waals surface area contributed by atoms with Crippen molar-refractivity contribution in [2.24, 2.45) is 0 Å². The van der Waals surface area contributed by atoms with Crippen LogP contribution in [0.15, 0.2) is 66.9 Å². The van der Waals surface area contributed by atoms with Crippen molar-refractivity contribution in [3.8, 4) is 16.9 Å². The standard InChI is InChI=1S/C27H31N3O4S/c1-21-17-25(34-14-11-30-12-15-35(32,33)16-13-30)9-10-26(21)23-7-8-24(28-20-23)18-27(31)29-19-22-5-3-2-4-6-22/h2-10,17,20H,11-16,18-19H2,1H3,(H,29,31). The average Bonchev–Trinajstić information content (AvgIpc) is 2.85. The Morgan fingerprint density at radius 3 is 2.51 bits per heavy atom. The molecule has 1 saturated heterocycles. The van der Waals surface area contributed by atoms with E-state index in [0.717, 1.165) is 33.7 Å². The zero-order valence-corrected chi connectivity index (χ0v) is 20.8. The quantitative estimate of drug-likeness (QED) is 0.493. The number of rotatable bonds is 9. The highest BCUT2D eigenvalue weighted by molar-refractivity contribution is 7.91. The van der Waals surface area contributed by atoms with Gasteiger partial charge in [-0.25, -0.2) is 8.42 Å². The van der Waals surface area contributed by atoms with E-state index in [0.29, 0.717) is 32.8 Å². The first-order valence-corrected chi connectivity index (χ1v) is 13.6. The van der Waals surface area contributed by atoms with Crippen LogP contribution < -0.4 is 10.1 Å². The highest BCUT2D eigenvalue weighted by Gasteiger charge is 2.21. The first-order chi connectivity index (χ1) is 16.9. The molecule has 184 valence electrons. The Morgan fingerprint density at radius 1 is 1.06 bits per heavy atom. The molecule has 8 heteroatoms. The highest BCUT2D eigenvalue weighted by atomic mass is 32.2. The minimum atomic E-state index is -2.86. The number of aromatic nitrogens is 1. The van der Waals surface area contributed by atoms with Gasteiger partial charge in [-0.3, -0.25) is 14.7 Å². The third kappa shape index (κ3) is 7.37. The maximum atomic E-state index is 12.3. The third-order valence-electron chi connectivity index (χ3n) is 6.12. The fourth-order valence-electron chi connectivity index (χ4n) is 4.03. The predicted octanol–water partition coefficient (Wildman–Crippen LogP) is 3.03. The molecule has 35 heavy (non-hydrogen) atoms. The van der Waals surface area contributed by atoms with Gasteiger partial charge in [-0.1, -0.05) is 42.5 Å². The van der Waals surface area contributed by atoms with Crippen LogP contribution in [-0.2, 0) is 27.6 Å². The summed E-state index contributed by atoms with van der Waals surface area (Å²) in [4.78, 5) is 18.9. The molecule has 0 spiro atoms. The molecule has 1 N–H and O–H groups in total. The van der Waals surface area contributed by atoms with Crippen molar-refractivity contribution in [3.05, 3.63) is 83.7 Å². The van der Waals surface area contributed by atoms with Gasteiger partial charge in [-0.15, -0.1) is 0 Å². The van der Waals surface area contributed by atoms with Crippen LogP contribution in [-0.4, -0.2) is 62.0 Å². The number of sulfone groups is 1. The molecule has 0 aliphatic carbocycles. The number of carbonyl (C=O) groups excluding carboxylic acids is 1. The summed E-state index contributed by atoms with van der Waals surface area (Å²) in [6.45, 7) is 4.90. The summed E-state index contributed by atoms with van der Waals surface area (Å²) >= 11 is 0. The van der Waals surface area contributed by atoms with Crippen molar-refractivity contribution >= 4 is 15.7 Å². The second kappa shape index (κ2) is 11.5. The van der Waals surface area contributed by atoms with Crippen molar-refractivity contribution < 1.29 is 17.9 Å². The lowest BCUT2D eigenvalue weighted by Crippen LogP contribution is -2.42. The second-order valence-electron chi connectivity index (χ2n) is 8.80. The van der Waals surface area contributed by atoms with E-state index >= 15 is 0 Å². The Balaban J connectivity index is 1.26. The maximum Gasteiger partial charge on any atom is 0.226 e. The van der Waals surface area contributed by atoms with Crippen LogP contribution >= 0.6 is 0 Å². The van der Waals surface area contributed by atoms with E-state index in [1.54, 1.807) is 6.20 Å². The lowest BCUT2D eigenvalue weighted by atomic mass is 10.0. The molecule has 1 aliphatic heterocycles. The van der Waals surface area contributed by atoms with Crippen LogP contribution in [0.1, 0.15) is 16.8 Å². The van der Waals surface area contributed by atoms with E-state index in [1.807, 2.05) is 67.6 Å². The predicted molar refractivity (Wildman–Crippen MR) is 137 cm³/mol. The Hall–Kier alpha value is -3.23. The van der Waals surface area contributed by atoms with Crippen LogP contribution in [0.2, 0.25) is 0 Å². The number of pyridine rings is 1. The molecule has 1 aliphatic rings. The van der Waals surface area contributed by atoms with Gasteiger partial charge in [-0.2, -0.15) is 0 Å². The number of ether oxygens (including phenoxy) is 1. The van der Waals surface area contributed by atoms with Crippen molar-refractivity contribution in [2.75, 3.05) is 37.7 Å². The van der Waals surface area contributed by atoms with E-state index in [9.17, 15) is 13.2 Å². The van der Waals surface area contributed by atoms with Gasteiger partial charge in [-0.05, 0) is 41.8 Å². The molecule has 2 heterocycles. The number of nitrogens with zero attached hydrogens (tertiary/aromatic N) is 2. The van der Waals surface area contributed by atoms with E-state index in [1.165, 1.54) is 0 Å². The first kappa shape index (κ1) is 24.9. The van der Waals surface area contributed by atoms with Crippen LogP contribution in [0.5, 0.6) is 5.75 Å². The lowest BCUT2D eigenvalue weighted by Gasteiger charge is -2.26. The number of hydrogen-bond acceptors (Lipinski definition) is 6. The maximum absolute atomic E-state index is 12.3. The highest BCUT2D eigenvalue weighted by Crippen LogP contribution is 2.26. The summed E-state index contributed by atoms with van der Waals surface area (Å²) in [5, 5.41) is 2.93. The largest absolute Gasteiger partial charge is 0.492 e. The van der Waals surface area contributed by atoms with Crippen LogP contribution in [0, 0.1) is 6.92 Å². The van der Waals surface area contributed by atoms with Crippen molar-refractivity contribution in [1.29, 1.82) is 0 Å². The molecule has 3 aromatic rings. The smallest absolute Gasteiger partial charge is 0.226 e. The molecule has 0 bridgehead atoms. The number of carbonyl (C=O) groups is 1. The summed E-state index contributed by atoms with van der Waals surface area (Å²) < 4.78 is 29.0. The molecule has 7 nitrogen and oxygen atoms in total. The molecule has 1 fully saturated rings. The van der Waals surface area contributed by atoms with Gasteiger partial charge in [0.1, 0.15) is 12.4 Å². The molecular weight excluding hydrogens is 462 g/mol. The van der Waals surface area contributed by atoms with E-state index in [4.69, 9.17) is 4.74 Å². The van der Waals surface area contributed by atoms with Gasteiger partial charge < -0.3 is 10.1 Å². The van der Waals surface area contributed by atoms with Crippen molar-refractivity contribution in [3.63, 3.8) is 0 Å². The number of amides is 1. The van der Waals surface area contributed by atoms with Crippen LogP contribution in [0.4, 0.5) is 0 Å². The van der Waals surface area contributed by atoms with E-state index < -0.39 is 9.84 Å². The molecule has 1 amide bonds. The third-order valence-corrected chi connectivity index (χ3v) is 7.73. The fraction of sp³-hybridized carbons (Fsp3) is 0.333. The summed E-state index contributed by atoms with van der Waals surface area (Å²) in [7, 11) is -2.86. The van der Waals surface area contributed by atoms with Gasteiger partial charge >= 0.3 is 0 Å². The summed E-state index contributed by atoms with van der Waals surface area (Å²) in [6, 6.07) is 19.6. The molecule has 2 aromatic carbocycles. The second-order valence-corrected chi connectivity index (χ2v) is 11.1. The van der Waals surface area contributed by atoms with Crippen molar-refractivity contribution in [1.82, 2.24) is 15.2 Å². The summed E-state index contributed by atoms with van der Waals surface area (Å²) in [5.41, 5.74) is 4.90. The first-order valence-electron chi connectivity index (χ1n) is 11.8. The number of benzene rings is 2. The summed E-state index contributed by atoms with van der Waals surface area (Å²) in [6.07, 6.45) is 2.04. The topological polar surface area (TPSA) is 88.6 Å². The van der Waals surface area contributed by atoms with Crippen LogP contribution in [0.25, 0.3) is 11.1 Å². The van der Waals surface area contributed by atoms with E-state index in [2.05, 4.69) is 15.2 Å². The van der Waals surface area contributed by atoms with Gasteiger partial charge in [0.2, 0.25) is 5.91 Å². The van der Waals surface area contributed by atoms with Crippen molar-refractivity contribution in [2.45, 2.75) is 19.9 Å². The molecule has 0 radical (unpaired) electrons. The monoisotopic (exact) mass is 493 g/mol. The number of nitrogens with one attached hydrogen (secondary N) is 1. The van der Waals surface area contributed by atoms with Crippen LogP contribution in [0.3, 0.4) is 0 Å². The average molecular weight is 494 g/mol. The van der Waals surface area contributed by atoms with Gasteiger partial charge in [0.15, 0.2) is 9.84 Å². The molecule has 0 unspecified atom stereocenters. The van der Waals surface area contributed by atoms with Gasteiger partial charge in [0.25, 0.3) is 0 Å². The molecule has 0 saturated carbocycles. The lowest BCUT2D eigenvalue weighted by molar-refractivity contribution is -0.120. The van der Waals surface area contributed by atoms with Gasteiger partial charge in [0.05, 0.1) is 17.9 Å². The SMILES string of the molecule is Cc1cc(OCCN2CCS(=O)(=O)CC2)ccc1-c1ccc(CC(=O)NCc2ccccc2)nc1. The number of aryl methyl sites for hydroxylation is 1. The van der Waals surface area contributed by atoms with Gasteiger partial charge in [0, 0.05) is 43.6 Å². The zero-order chi connectivity index (χ0) is 24.7.